The van der Waals surface area contributed by atoms with Crippen LogP contribution in [0.25, 0.3) is 5.70 Å². The van der Waals surface area contributed by atoms with E-state index in [-0.39, 0.29) is 29.8 Å². The summed E-state index contributed by atoms with van der Waals surface area (Å²) in [4.78, 5) is 18.4. The van der Waals surface area contributed by atoms with Crippen molar-refractivity contribution in [1.29, 1.82) is 5.41 Å². The molecule has 0 spiro atoms. The van der Waals surface area contributed by atoms with E-state index < -0.39 is 5.97 Å². The van der Waals surface area contributed by atoms with Gasteiger partial charge in [0.1, 0.15) is 18.2 Å². The largest absolute Gasteiger partial charge is 0.477 e. The summed E-state index contributed by atoms with van der Waals surface area (Å²) in [5.74, 6) is -0.182. The number of imidazole rings is 1. The molecule has 27 heavy (non-hydrogen) atoms. The molecule has 2 rings (SSSR count). The van der Waals surface area contributed by atoms with Crippen LogP contribution in [-0.2, 0) is 4.74 Å². The van der Waals surface area contributed by atoms with Crippen molar-refractivity contribution in [2.75, 3.05) is 13.3 Å². The van der Waals surface area contributed by atoms with Crippen molar-refractivity contribution >= 4 is 51.7 Å². The standard InChI is InChI=1S/C16H17Cl2N5O3S/c1-2-25-15(24)12-6-22-16(23-12)27-14(21)5-11(20)8-3-13(26-7-19)10(18)4-9(8)17/h3-6,21H,2,7,19-20H2,1H3,(H,22,23)/b11-5-,21-14?. The van der Waals surface area contributed by atoms with Crippen molar-refractivity contribution in [3.63, 3.8) is 0 Å². The molecule has 1 aromatic heterocycles. The number of thioether (sulfide) groups is 1. The zero-order valence-corrected chi connectivity index (χ0v) is 16.5. The Labute approximate surface area is 169 Å². The summed E-state index contributed by atoms with van der Waals surface area (Å²) in [7, 11) is 0. The number of H-pyrrole nitrogens is 1. The van der Waals surface area contributed by atoms with Crippen LogP contribution in [-0.4, -0.2) is 34.3 Å². The summed E-state index contributed by atoms with van der Waals surface area (Å²) in [5.41, 5.74) is 12.3. The number of benzene rings is 1. The fraction of sp³-hybridized carbons (Fsp3) is 0.188. The van der Waals surface area contributed by atoms with Gasteiger partial charge in [-0.25, -0.2) is 9.78 Å². The molecule has 1 heterocycles. The van der Waals surface area contributed by atoms with Crippen molar-refractivity contribution in [1.82, 2.24) is 9.97 Å². The van der Waals surface area contributed by atoms with E-state index in [4.69, 9.17) is 49.6 Å². The molecular weight excluding hydrogens is 413 g/mol. The second-order valence-electron chi connectivity index (χ2n) is 4.96. The van der Waals surface area contributed by atoms with Crippen LogP contribution in [0.1, 0.15) is 23.0 Å². The third kappa shape index (κ3) is 5.64. The fourth-order valence-electron chi connectivity index (χ4n) is 1.97. The van der Waals surface area contributed by atoms with Gasteiger partial charge in [-0.3, -0.25) is 11.1 Å². The maximum absolute atomic E-state index is 11.6. The smallest absolute Gasteiger partial charge is 0.356 e. The lowest BCUT2D eigenvalue weighted by Gasteiger charge is -2.10. The molecule has 0 atom stereocenters. The minimum Gasteiger partial charge on any atom is -0.477 e. The zero-order chi connectivity index (χ0) is 20.0. The van der Waals surface area contributed by atoms with E-state index in [0.717, 1.165) is 11.8 Å². The van der Waals surface area contributed by atoms with Crippen LogP contribution < -0.4 is 16.2 Å². The maximum Gasteiger partial charge on any atom is 0.356 e. The molecule has 0 unspecified atom stereocenters. The number of halogens is 2. The van der Waals surface area contributed by atoms with Crippen molar-refractivity contribution in [3.05, 3.63) is 45.7 Å². The van der Waals surface area contributed by atoms with E-state index in [0.29, 0.717) is 26.5 Å². The molecule has 0 radical (unpaired) electrons. The molecule has 6 N–H and O–H groups in total. The Morgan fingerprint density at radius 1 is 1.41 bits per heavy atom. The van der Waals surface area contributed by atoms with E-state index >= 15 is 0 Å². The number of aromatic nitrogens is 2. The summed E-state index contributed by atoms with van der Waals surface area (Å²) in [6.07, 6.45) is 2.74. The molecule has 144 valence electrons. The lowest BCUT2D eigenvalue weighted by molar-refractivity contribution is 0.0519. The average molecular weight is 430 g/mol. The summed E-state index contributed by atoms with van der Waals surface area (Å²) in [6.45, 7) is 1.91. The van der Waals surface area contributed by atoms with Crippen molar-refractivity contribution < 1.29 is 14.3 Å². The number of hydrogen-bond acceptors (Lipinski definition) is 8. The molecular formula is C16H17Cl2N5O3S. The van der Waals surface area contributed by atoms with Crippen LogP contribution in [0.5, 0.6) is 5.75 Å². The van der Waals surface area contributed by atoms with Gasteiger partial charge in [-0.15, -0.1) is 0 Å². The number of nitrogens with one attached hydrogen (secondary N) is 2. The number of ether oxygens (including phenoxy) is 2. The van der Waals surface area contributed by atoms with Crippen LogP contribution in [0, 0.1) is 5.41 Å². The van der Waals surface area contributed by atoms with Gasteiger partial charge in [0, 0.05) is 11.3 Å². The predicted octanol–water partition coefficient (Wildman–Crippen LogP) is 3.26. The molecule has 0 aliphatic rings. The Kier molecular flexibility index (Phi) is 7.55. The lowest BCUT2D eigenvalue weighted by atomic mass is 10.1. The molecule has 2 aromatic rings. The summed E-state index contributed by atoms with van der Waals surface area (Å²) in [5, 5.41) is 9.09. The lowest BCUT2D eigenvalue weighted by Crippen LogP contribution is -2.08. The van der Waals surface area contributed by atoms with Crippen molar-refractivity contribution in [3.8, 4) is 5.75 Å². The van der Waals surface area contributed by atoms with E-state index in [2.05, 4.69) is 9.97 Å². The summed E-state index contributed by atoms with van der Waals surface area (Å²) in [6, 6.07) is 3.03. The van der Waals surface area contributed by atoms with Crippen LogP contribution in [0.3, 0.4) is 0 Å². The number of carbonyl (C=O) groups is 1. The van der Waals surface area contributed by atoms with Gasteiger partial charge in [0.25, 0.3) is 0 Å². The number of nitrogens with zero attached hydrogens (tertiary/aromatic N) is 1. The van der Waals surface area contributed by atoms with Crippen LogP contribution in [0.15, 0.2) is 29.6 Å². The normalized spacial score (nSPS) is 11.3. The molecule has 0 bridgehead atoms. The average Bonchev–Trinajstić information content (AvgIpc) is 3.05. The predicted molar refractivity (Wildman–Crippen MR) is 106 cm³/mol. The highest BCUT2D eigenvalue weighted by atomic mass is 35.5. The minimum absolute atomic E-state index is 0.0582. The van der Waals surface area contributed by atoms with Crippen molar-refractivity contribution in [2.45, 2.75) is 12.1 Å². The van der Waals surface area contributed by atoms with Gasteiger partial charge in [-0.2, -0.15) is 0 Å². The Morgan fingerprint density at radius 3 is 2.81 bits per heavy atom. The van der Waals surface area contributed by atoms with Gasteiger partial charge in [-0.05, 0) is 36.9 Å². The molecule has 11 heteroatoms. The molecule has 0 saturated heterocycles. The highest BCUT2D eigenvalue weighted by Gasteiger charge is 2.13. The molecule has 0 saturated carbocycles. The maximum atomic E-state index is 11.6. The summed E-state index contributed by atoms with van der Waals surface area (Å²) < 4.78 is 10.1. The Hall–Kier alpha value is -2.20. The minimum atomic E-state index is -0.515. The third-order valence-corrected chi connectivity index (χ3v) is 4.46. The first-order valence-electron chi connectivity index (χ1n) is 7.63. The second kappa shape index (κ2) is 9.65. The molecule has 1 aromatic carbocycles. The molecule has 8 nitrogen and oxygen atoms in total. The van der Waals surface area contributed by atoms with Gasteiger partial charge >= 0.3 is 5.97 Å². The van der Waals surface area contributed by atoms with Crippen LogP contribution in [0.2, 0.25) is 10.0 Å². The SMILES string of the molecule is CCOC(=O)c1cnc(SC(=N)/C=C(\N)c2cc(OCN)c(Cl)cc2Cl)[nH]1. The van der Waals surface area contributed by atoms with Gasteiger partial charge < -0.3 is 20.2 Å². The molecule has 0 aliphatic carbocycles. The Bertz CT molecular complexity index is 885. The Balaban J connectivity index is 2.15. The number of nitrogens with two attached hydrogens (primary N) is 2. The first-order valence-corrected chi connectivity index (χ1v) is 9.20. The van der Waals surface area contributed by atoms with Gasteiger partial charge in [0.05, 0.1) is 27.9 Å². The Morgan fingerprint density at radius 2 is 2.15 bits per heavy atom. The number of rotatable bonds is 7. The zero-order valence-electron chi connectivity index (χ0n) is 14.2. The first-order chi connectivity index (χ1) is 12.8. The summed E-state index contributed by atoms with van der Waals surface area (Å²) >= 11 is 13.2. The van der Waals surface area contributed by atoms with E-state index in [9.17, 15) is 4.79 Å². The van der Waals surface area contributed by atoms with Crippen molar-refractivity contribution in [2.24, 2.45) is 11.5 Å². The van der Waals surface area contributed by atoms with Gasteiger partial charge in [0.2, 0.25) is 0 Å². The van der Waals surface area contributed by atoms with Crippen LogP contribution >= 0.6 is 35.0 Å². The second-order valence-corrected chi connectivity index (χ2v) is 6.81. The van der Waals surface area contributed by atoms with E-state index in [1.54, 1.807) is 13.0 Å². The first kappa shape index (κ1) is 21.1. The number of carbonyl (C=O) groups excluding carboxylic acids is 1. The molecule has 0 amide bonds. The van der Waals surface area contributed by atoms with Gasteiger partial charge in [-0.1, -0.05) is 23.2 Å². The highest BCUT2D eigenvalue weighted by Crippen LogP contribution is 2.33. The number of aromatic amines is 1. The van der Waals surface area contributed by atoms with Gasteiger partial charge in [0.15, 0.2) is 5.16 Å². The highest BCUT2D eigenvalue weighted by molar-refractivity contribution is 8.14. The van der Waals surface area contributed by atoms with E-state index in [1.807, 2.05) is 0 Å². The fourth-order valence-corrected chi connectivity index (χ4v) is 3.18. The molecule has 0 aliphatic heterocycles. The quantitative estimate of drug-likeness (QED) is 0.174. The van der Waals surface area contributed by atoms with E-state index in [1.165, 1.54) is 18.3 Å². The van der Waals surface area contributed by atoms with Crippen LogP contribution in [0.4, 0.5) is 0 Å². The number of esters is 1. The molecule has 0 fully saturated rings. The number of hydrogen-bond donors (Lipinski definition) is 4. The monoisotopic (exact) mass is 429 g/mol. The third-order valence-electron chi connectivity index (χ3n) is 3.11. The topological polar surface area (TPSA) is 140 Å².